The Kier molecular flexibility index (Phi) is 6.11. The summed E-state index contributed by atoms with van der Waals surface area (Å²) in [4.78, 5) is 28.6. The first-order chi connectivity index (χ1) is 13.0. The number of hydrogen-bond acceptors (Lipinski definition) is 5. The Hall–Kier alpha value is -2.41. The fraction of sp³-hybridized carbons (Fsp3) is 0.450. The van der Waals surface area contributed by atoms with E-state index >= 15 is 0 Å². The van der Waals surface area contributed by atoms with E-state index in [1.165, 1.54) is 6.08 Å². The molecule has 1 atom stereocenters. The van der Waals surface area contributed by atoms with Crippen molar-refractivity contribution < 1.29 is 14.3 Å². The van der Waals surface area contributed by atoms with Crippen LogP contribution in [-0.4, -0.2) is 33.6 Å². The molecule has 0 spiro atoms. The van der Waals surface area contributed by atoms with Crippen LogP contribution in [0.2, 0.25) is 0 Å². The zero-order valence-corrected chi connectivity index (χ0v) is 16.7. The molecule has 1 saturated carbocycles. The largest absolute Gasteiger partial charge is 0.449 e. The summed E-state index contributed by atoms with van der Waals surface area (Å²) in [6.45, 7) is 5.58. The van der Waals surface area contributed by atoms with E-state index in [0.29, 0.717) is 0 Å². The van der Waals surface area contributed by atoms with E-state index in [0.717, 1.165) is 47.8 Å². The maximum Gasteiger partial charge on any atom is 0.331 e. The van der Waals surface area contributed by atoms with E-state index < -0.39 is 12.1 Å². The number of carbonyl (C=O) groups excluding carboxylic acids is 2. The monoisotopic (exact) mass is 387 g/mol. The van der Waals surface area contributed by atoms with Crippen LogP contribution in [0.15, 0.2) is 23.7 Å². The van der Waals surface area contributed by atoms with Crippen molar-refractivity contribution in [2.45, 2.75) is 58.6 Å². The third kappa shape index (κ3) is 4.66. The van der Waals surface area contributed by atoms with Crippen LogP contribution in [0, 0.1) is 13.8 Å². The first-order valence-electron chi connectivity index (χ1n) is 9.23. The van der Waals surface area contributed by atoms with Gasteiger partial charge in [-0.15, -0.1) is 11.3 Å². The van der Waals surface area contributed by atoms with Crippen LogP contribution in [0.5, 0.6) is 0 Å². The molecule has 0 aromatic carbocycles. The van der Waals surface area contributed by atoms with Gasteiger partial charge in [-0.25, -0.2) is 9.78 Å². The summed E-state index contributed by atoms with van der Waals surface area (Å²) >= 11 is 1.56. The van der Waals surface area contributed by atoms with Gasteiger partial charge in [0.15, 0.2) is 11.2 Å². The highest BCUT2D eigenvalue weighted by atomic mass is 32.1. The molecule has 2 aromatic heterocycles. The van der Waals surface area contributed by atoms with Gasteiger partial charge in [0.1, 0.15) is 0 Å². The molecule has 0 bridgehead atoms. The lowest BCUT2D eigenvalue weighted by Gasteiger charge is -2.16. The molecular weight excluding hydrogens is 362 g/mol. The van der Waals surface area contributed by atoms with Crippen LogP contribution in [0.1, 0.15) is 49.6 Å². The Morgan fingerprint density at radius 2 is 2.11 bits per heavy atom. The first kappa shape index (κ1) is 19.4. The Morgan fingerprint density at radius 1 is 1.37 bits per heavy atom. The topological polar surface area (TPSA) is 73.2 Å². The van der Waals surface area contributed by atoms with Gasteiger partial charge in [-0.05, 0) is 51.3 Å². The summed E-state index contributed by atoms with van der Waals surface area (Å²) in [6, 6.07) is 2.21. The molecule has 0 aliphatic heterocycles. The molecule has 2 heterocycles. The highest BCUT2D eigenvalue weighted by Crippen LogP contribution is 2.23. The van der Waals surface area contributed by atoms with Crippen molar-refractivity contribution >= 4 is 29.3 Å². The molecule has 7 heteroatoms. The predicted molar refractivity (Wildman–Crippen MR) is 106 cm³/mol. The van der Waals surface area contributed by atoms with Gasteiger partial charge in [0, 0.05) is 35.1 Å². The zero-order valence-electron chi connectivity index (χ0n) is 15.9. The number of aryl methyl sites for hydroxylation is 1. The molecule has 144 valence electrons. The molecular formula is C20H25N3O3S. The first-order valence-corrected chi connectivity index (χ1v) is 10.1. The Labute approximate surface area is 163 Å². The smallest absolute Gasteiger partial charge is 0.331 e. The second kappa shape index (κ2) is 8.52. The van der Waals surface area contributed by atoms with Crippen molar-refractivity contribution in [1.29, 1.82) is 0 Å². The van der Waals surface area contributed by atoms with Crippen LogP contribution in [0.25, 0.3) is 11.2 Å². The number of thiazole rings is 1. The molecule has 1 fully saturated rings. The third-order valence-corrected chi connectivity index (χ3v) is 5.60. The van der Waals surface area contributed by atoms with Crippen LogP contribution < -0.4 is 5.32 Å². The van der Waals surface area contributed by atoms with Crippen molar-refractivity contribution in [3.05, 3.63) is 40.7 Å². The van der Waals surface area contributed by atoms with Gasteiger partial charge in [0.25, 0.3) is 5.91 Å². The van der Waals surface area contributed by atoms with Gasteiger partial charge in [0.05, 0.1) is 0 Å². The molecule has 3 rings (SSSR count). The van der Waals surface area contributed by atoms with Crippen LogP contribution in [-0.2, 0) is 14.3 Å². The third-order valence-electron chi connectivity index (χ3n) is 4.84. The fourth-order valence-corrected chi connectivity index (χ4v) is 4.14. The lowest BCUT2D eigenvalue weighted by molar-refractivity contribution is -0.150. The van der Waals surface area contributed by atoms with E-state index in [1.807, 2.05) is 29.9 Å². The van der Waals surface area contributed by atoms with Gasteiger partial charge in [-0.2, -0.15) is 0 Å². The molecule has 0 saturated heterocycles. The Morgan fingerprint density at radius 3 is 2.78 bits per heavy atom. The molecule has 1 unspecified atom stereocenters. The zero-order chi connectivity index (χ0) is 19.4. The number of carbonyl (C=O) groups is 2. The maximum absolute atomic E-state index is 12.1. The average Bonchev–Trinajstić information content (AvgIpc) is 3.36. The number of aromatic nitrogens is 2. The number of hydrogen-bond donors (Lipinski definition) is 1. The van der Waals surface area contributed by atoms with E-state index in [4.69, 9.17) is 4.74 Å². The summed E-state index contributed by atoms with van der Waals surface area (Å²) in [5.74, 6) is -0.756. The van der Waals surface area contributed by atoms with Gasteiger partial charge in [0.2, 0.25) is 0 Å². The average molecular weight is 388 g/mol. The number of ether oxygens (including phenoxy) is 1. The second-order valence-electron chi connectivity index (χ2n) is 6.88. The summed E-state index contributed by atoms with van der Waals surface area (Å²) in [5, 5.41) is 5.77. The van der Waals surface area contributed by atoms with Crippen molar-refractivity contribution in [2.75, 3.05) is 0 Å². The molecule has 1 aliphatic rings. The minimum absolute atomic E-state index is 0.213. The second-order valence-corrected chi connectivity index (χ2v) is 7.75. The van der Waals surface area contributed by atoms with Gasteiger partial charge < -0.3 is 10.1 Å². The van der Waals surface area contributed by atoms with Crippen molar-refractivity contribution in [3.63, 3.8) is 0 Å². The Balaban J connectivity index is 1.60. The number of rotatable bonds is 6. The molecule has 6 nitrogen and oxygen atoms in total. The van der Waals surface area contributed by atoms with E-state index in [1.54, 1.807) is 30.5 Å². The summed E-state index contributed by atoms with van der Waals surface area (Å²) in [7, 11) is 0. The fourth-order valence-electron chi connectivity index (χ4n) is 3.39. The molecule has 2 aromatic rings. The van der Waals surface area contributed by atoms with E-state index in [2.05, 4.69) is 10.3 Å². The molecule has 1 amide bonds. The molecule has 1 N–H and O–H groups in total. The van der Waals surface area contributed by atoms with Crippen molar-refractivity contribution in [3.8, 4) is 5.13 Å². The van der Waals surface area contributed by atoms with Gasteiger partial charge in [-0.1, -0.05) is 12.8 Å². The van der Waals surface area contributed by atoms with Crippen LogP contribution in [0.3, 0.4) is 0 Å². The van der Waals surface area contributed by atoms with E-state index in [-0.39, 0.29) is 11.9 Å². The summed E-state index contributed by atoms with van der Waals surface area (Å²) in [6.07, 6.45) is 8.34. The summed E-state index contributed by atoms with van der Waals surface area (Å²) < 4.78 is 7.29. The summed E-state index contributed by atoms with van der Waals surface area (Å²) in [5.41, 5.74) is 2.96. The lowest BCUT2D eigenvalue weighted by Crippen LogP contribution is -2.40. The van der Waals surface area contributed by atoms with Crippen molar-refractivity contribution in [1.82, 2.24) is 14.9 Å². The molecule has 1 aliphatic carbocycles. The number of amides is 1. The standard InChI is InChI=1S/C20H25N3O3S/c1-13-12-16(14(2)23(13)20-21-10-11-27-20)8-9-18(24)26-15(3)19(25)22-17-6-4-5-7-17/h8-12,15,17H,4-7H2,1-3H3,(H,22,25)/b9-8+. The number of esters is 1. The van der Waals surface area contributed by atoms with Gasteiger partial charge >= 0.3 is 5.97 Å². The highest BCUT2D eigenvalue weighted by molar-refractivity contribution is 7.12. The number of nitrogens with one attached hydrogen (secondary N) is 1. The van der Waals surface area contributed by atoms with Crippen LogP contribution in [0.4, 0.5) is 0 Å². The molecule has 0 radical (unpaired) electrons. The van der Waals surface area contributed by atoms with Gasteiger partial charge in [-0.3, -0.25) is 9.36 Å². The Bertz CT molecular complexity index is 833. The normalized spacial score (nSPS) is 16.0. The minimum Gasteiger partial charge on any atom is -0.449 e. The van der Waals surface area contributed by atoms with Crippen LogP contribution >= 0.6 is 11.3 Å². The lowest BCUT2D eigenvalue weighted by atomic mass is 10.2. The highest BCUT2D eigenvalue weighted by Gasteiger charge is 2.22. The van der Waals surface area contributed by atoms with E-state index in [9.17, 15) is 9.59 Å². The van der Waals surface area contributed by atoms with Crippen molar-refractivity contribution in [2.24, 2.45) is 0 Å². The maximum atomic E-state index is 12.1. The molecule has 27 heavy (non-hydrogen) atoms. The SMILES string of the molecule is Cc1cc(/C=C/C(=O)OC(C)C(=O)NC2CCCC2)c(C)n1-c1nccs1. The number of nitrogens with zero attached hydrogens (tertiary/aromatic N) is 2. The quantitative estimate of drug-likeness (QED) is 0.608. The minimum atomic E-state index is -0.800. The predicted octanol–water partition coefficient (Wildman–Crippen LogP) is 3.55.